The number of ether oxygens (including phenoxy) is 1. The van der Waals surface area contributed by atoms with E-state index in [9.17, 15) is 9.90 Å². The lowest BCUT2D eigenvalue weighted by atomic mass is 9.90. The van der Waals surface area contributed by atoms with Crippen LogP contribution >= 0.6 is 0 Å². The molecule has 0 aliphatic carbocycles. The molecule has 140 valence electrons. The van der Waals surface area contributed by atoms with Gasteiger partial charge >= 0.3 is 0 Å². The van der Waals surface area contributed by atoms with E-state index in [2.05, 4.69) is 4.98 Å². The summed E-state index contributed by atoms with van der Waals surface area (Å²) in [7, 11) is 1.52. The highest BCUT2D eigenvalue weighted by molar-refractivity contribution is 6.02. The Morgan fingerprint density at radius 2 is 1.96 bits per heavy atom. The number of benzene rings is 2. The Bertz CT molecular complexity index is 1030. The number of phenols is 1. The molecule has 2 heterocycles. The summed E-state index contributed by atoms with van der Waals surface area (Å²) < 4.78 is 5.17. The molecular weight excluding hydrogens is 352 g/mol. The van der Waals surface area contributed by atoms with Crippen molar-refractivity contribution in [3.8, 4) is 11.5 Å². The first kappa shape index (κ1) is 17.8. The molecule has 5 heteroatoms. The van der Waals surface area contributed by atoms with E-state index in [-0.39, 0.29) is 11.5 Å². The van der Waals surface area contributed by atoms with Crippen LogP contribution in [0.3, 0.4) is 0 Å². The lowest BCUT2D eigenvalue weighted by Gasteiger charge is -2.35. The van der Waals surface area contributed by atoms with Gasteiger partial charge in [0.1, 0.15) is 6.04 Å². The highest BCUT2D eigenvalue weighted by Gasteiger charge is 2.33. The van der Waals surface area contributed by atoms with Gasteiger partial charge in [-0.1, -0.05) is 42.5 Å². The number of hydrogen-bond acceptors (Lipinski definition) is 5. The van der Waals surface area contributed by atoms with Gasteiger partial charge in [-0.25, -0.2) is 0 Å². The standard InChI is InChI=1S/C23H20N2O3/c1-28-20-9-5-8-17(22(20)26)11-13-25-15-18-14-24-12-10-19(18)23(27)21(25)16-6-3-2-4-7-16/h2-14,21,26H,15H2,1H3/b13-11+. The van der Waals surface area contributed by atoms with Crippen LogP contribution in [0.1, 0.15) is 33.1 Å². The van der Waals surface area contributed by atoms with Gasteiger partial charge in [0, 0.05) is 41.8 Å². The van der Waals surface area contributed by atoms with E-state index >= 15 is 0 Å². The lowest BCUT2D eigenvalue weighted by Crippen LogP contribution is -2.35. The molecule has 0 amide bonds. The summed E-state index contributed by atoms with van der Waals surface area (Å²) >= 11 is 0. The summed E-state index contributed by atoms with van der Waals surface area (Å²) in [4.78, 5) is 19.4. The molecule has 2 aromatic carbocycles. The Kier molecular flexibility index (Phi) is 4.81. The van der Waals surface area contributed by atoms with Gasteiger partial charge in [0.25, 0.3) is 0 Å². The van der Waals surface area contributed by atoms with Gasteiger partial charge in [-0.05, 0) is 23.8 Å². The number of methoxy groups -OCH3 is 1. The van der Waals surface area contributed by atoms with Crippen molar-refractivity contribution in [1.82, 2.24) is 9.88 Å². The minimum atomic E-state index is -0.430. The zero-order valence-electron chi connectivity index (χ0n) is 15.4. The summed E-state index contributed by atoms with van der Waals surface area (Å²) in [6.07, 6.45) is 7.03. The number of hydrogen-bond donors (Lipinski definition) is 1. The molecule has 4 rings (SSSR count). The molecule has 0 fully saturated rings. The maximum Gasteiger partial charge on any atom is 0.190 e. The van der Waals surface area contributed by atoms with Gasteiger partial charge in [0.15, 0.2) is 17.3 Å². The minimum Gasteiger partial charge on any atom is -0.504 e. The number of aromatic hydroxyl groups is 1. The van der Waals surface area contributed by atoms with Crippen LogP contribution in [0, 0.1) is 0 Å². The van der Waals surface area contributed by atoms with Crippen molar-refractivity contribution in [2.24, 2.45) is 0 Å². The van der Waals surface area contributed by atoms with Gasteiger partial charge in [-0.15, -0.1) is 0 Å². The smallest absolute Gasteiger partial charge is 0.190 e. The number of para-hydroxylation sites is 1. The number of carbonyl (C=O) groups is 1. The van der Waals surface area contributed by atoms with Gasteiger partial charge in [-0.2, -0.15) is 0 Å². The van der Waals surface area contributed by atoms with E-state index < -0.39 is 6.04 Å². The van der Waals surface area contributed by atoms with Crippen molar-refractivity contribution < 1.29 is 14.6 Å². The number of rotatable bonds is 4. The largest absolute Gasteiger partial charge is 0.504 e. The fourth-order valence-electron chi connectivity index (χ4n) is 3.51. The molecule has 0 saturated heterocycles. The molecule has 1 unspecified atom stereocenters. The maximum absolute atomic E-state index is 13.2. The van der Waals surface area contributed by atoms with Gasteiger partial charge < -0.3 is 14.7 Å². The third-order valence-corrected chi connectivity index (χ3v) is 4.91. The van der Waals surface area contributed by atoms with Crippen LogP contribution in [0.4, 0.5) is 0 Å². The first-order chi connectivity index (χ1) is 13.7. The number of nitrogens with zero attached hydrogens (tertiary/aromatic N) is 2. The quantitative estimate of drug-likeness (QED) is 0.743. The van der Waals surface area contributed by atoms with Crippen LogP contribution in [0.2, 0.25) is 0 Å². The van der Waals surface area contributed by atoms with Crippen LogP contribution < -0.4 is 4.74 Å². The fourth-order valence-corrected chi connectivity index (χ4v) is 3.51. The molecule has 0 saturated carbocycles. The van der Waals surface area contributed by atoms with Crippen molar-refractivity contribution in [2.75, 3.05) is 7.11 Å². The van der Waals surface area contributed by atoms with Crippen LogP contribution in [-0.2, 0) is 6.54 Å². The molecule has 1 aliphatic rings. The topological polar surface area (TPSA) is 62.7 Å². The normalized spacial score (nSPS) is 16.2. The Balaban J connectivity index is 1.74. The average molecular weight is 372 g/mol. The molecule has 1 atom stereocenters. The predicted octanol–water partition coefficient (Wildman–Crippen LogP) is 4.21. The van der Waals surface area contributed by atoms with E-state index in [4.69, 9.17) is 4.74 Å². The second-order valence-electron chi connectivity index (χ2n) is 6.60. The summed E-state index contributed by atoms with van der Waals surface area (Å²) in [5.41, 5.74) is 3.14. The van der Waals surface area contributed by atoms with Crippen LogP contribution in [0.15, 0.2) is 73.2 Å². The summed E-state index contributed by atoms with van der Waals surface area (Å²) in [5, 5.41) is 10.3. The zero-order chi connectivity index (χ0) is 19.5. The monoisotopic (exact) mass is 372 g/mol. The molecule has 5 nitrogen and oxygen atoms in total. The van der Waals surface area contributed by atoms with Crippen molar-refractivity contribution >= 4 is 11.9 Å². The lowest BCUT2D eigenvalue weighted by molar-refractivity contribution is 0.0838. The number of aromatic nitrogens is 1. The summed E-state index contributed by atoms with van der Waals surface area (Å²) in [6, 6.07) is 16.4. The Morgan fingerprint density at radius 1 is 1.14 bits per heavy atom. The molecule has 28 heavy (non-hydrogen) atoms. The predicted molar refractivity (Wildman–Crippen MR) is 107 cm³/mol. The van der Waals surface area contributed by atoms with E-state index in [1.165, 1.54) is 7.11 Å². The van der Waals surface area contributed by atoms with E-state index in [0.717, 1.165) is 11.1 Å². The molecule has 1 aliphatic heterocycles. The fraction of sp³-hybridized carbons (Fsp3) is 0.130. The van der Waals surface area contributed by atoms with Gasteiger partial charge in [0.05, 0.1) is 7.11 Å². The Labute approximate surface area is 163 Å². The highest BCUT2D eigenvalue weighted by atomic mass is 16.5. The van der Waals surface area contributed by atoms with E-state index in [0.29, 0.717) is 23.4 Å². The minimum absolute atomic E-state index is 0.0364. The third kappa shape index (κ3) is 3.22. The zero-order valence-corrected chi connectivity index (χ0v) is 15.4. The number of Topliss-reactive ketones (excluding diaryl/α,β-unsaturated/α-hetero) is 1. The van der Waals surface area contributed by atoms with Crippen LogP contribution in [0.5, 0.6) is 11.5 Å². The summed E-state index contributed by atoms with van der Waals surface area (Å²) in [6.45, 7) is 0.551. The van der Waals surface area contributed by atoms with E-state index in [1.54, 1.807) is 36.7 Å². The van der Waals surface area contributed by atoms with Gasteiger partial charge in [-0.3, -0.25) is 9.78 Å². The average Bonchev–Trinajstić information content (AvgIpc) is 2.74. The van der Waals surface area contributed by atoms with Crippen LogP contribution in [-0.4, -0.2) is 27.9 Å². The SMILES string of the molecule is COc1cccc(/C=C/N2Cc3cnccc3C(=O)C2c2ccccc2)c1O. The number of fused-ring (bicyclic) bond motifs is 1. The van der Waals surface area contributed by atoms with Crippen molar-refractivity contribution in [1.29, 1.82) is 0 Å². The number of pyridine rings is 1. The maximum atomic E-state index is 13.2. The molecule has 1 N–H and O–H groups in total. The molecular formula is C23H20N2O3. The molecule has 1 aromatic heterocycles. The first-order valence-corrected chi connectivity index (χ1v) is 9.01. The van der Waals surface area contributed by atoms with Gasteiger partial charge in [0.2, 0.25) is 0 Å². The first-order valence-electron chi connectivity index (χ1n) is 9.01. The van der Waals surface area contributed by atoms with Crippen LogP contribution in [0.25, 0.3) is 6.08 Å². The van der Waals surface area contributed by atoms with Crippen molar-refractivity contribution in [3.05, 3.63) is 95.4 Å². The molecule has 0 spiro atoms. The highest BCUT2D eigenvalue weighted by Crippen LogP contribution is 2.35. The van der Waals surface area contributed by atoms with Crippen molar-refractivity contribution in [2.45, 2.75) is 12.6 Å². The molecule has 0 bridgehead atoms. The number of phenolic OH excluding ortho intramolecular Hbond substituents is 1. The molecule has 3 aromatic rings. The Hall–Kier alpha value is -3.60. The van der Waals surface area contributed by atoms with Crippen molar-refractivity contribution in [3.63, 3.8) is 0 Å². The summed E-state index contributed by atoms with van der Waals surface area (Å²) in [5.74, 6) is 0.517. The Morgan fingerprint density at radius 3 is 2.75 bits per heavy atom. The van der Waals surface area contributed by atoms with E-state index in [1.807, 2.05) is 47.5 Å². The second kappa shape index (κ2) is 7.56. The number of ketones is 1. The molecule has 0 radical (unpaired) electrons. The second-order valence-corrected chi connectivity index (χ2v) is 6.60. The third-order valence-electron chi connectivity index (χ3n) is 4.91. The number of carbonyl (C=O) groups excluding carboxylic acids is 1.